The normalized spacial score (nSPS) is 12.6. The predicted molar refractivity (Wildman–Crippen MR) is 69.4 cm³/mol. The minimum atomic E-state index is 0.847. The van der Waals surface area contributed by atoms with E-state index in [9.17, 15) is 0 Å². The van der Waals surface area contributed by atoms with E-state index in [2.05, 4.69) is 35.6 Å². The summed E-state index contributed by atoms with van der Waals surface area (Å²) >= 11 is 1.76. The van der Waals surface area contributed by atoms with Gasteiger partial charge in [0.25, 0.3) is 0 Å². The SMILES string of the molecule is Cc1ccc2c(c1N)Nc1ccccc1S2. The van der Waals surface area contributed by atoms with Crippen molar-refractivity contribution in [1.82, 2.24) is 0 Å². The van der Waals surface area contributed by atoms with Crippen molar-refractivity contribution in [2.24, 2.45) is 0 Å². The number of rotatable bonds is 0. The van der Waals surface area contributed by atoms with Crippen molar-refractivity contribution in [3.05, 3.63) is 42.0 Å². The van der Waals surface area contributed by atoms with E-state index in [0.717, 1.165) is 22.6 Å². The molecule has 1 aliphatic heterocycles. The molecule has 1 aliphatic rings. The number of anilines is 3. The van der Waals surface area contributed by atoms with Crippen molar-refractivity contribution in [3.63, 3.8) is 0 Å². The molecular formula is C13H12N2S. The van der Waals surface area contributed by atoms with Gasteiger partial charge in [-0.15, -0.1) is 0 Å². The molecule has 80 valence electrons. The molecule has 0 spiro atoms. The highest BCUT2D eigenvalue weighted by molar-refractivity contribution is 7.99. The fraction of sp³-hybridized carbons (Fsp3) is 0.0769. The number of hydrogen-bond donors (Lipinski definition) is 2. The van der Waals surface area contributed by atoms with E-state index >= 15 is 0 Å². The van der Waals surface area contributed by atoms with E-state index in [-0.39, 0.29) is 0 Å². The van der Waals surface area contributed by atoms with Crippen LogP contribution in [0.4, 0.5) is 17.1 Å². The molecule has 2 aromatic rings. The largest absolute Gasteiger partial charge is 0.397 e. The Morgan fingerprint density at radius 1 is 1.06 bits per heavy atom. The predicted octanol–water partition coefficient (Wildman–Crippen LogP) is 3.79. The molecule has 0 bridgehead atoms. The summed E-state index contributed by atoms with van der Waals surface area (Å²) in [5.41, 5.74) is 10.2. The van der Waals surface area contributed by atoms with Gasteiger partial charge in [-0.1, -0.05) is 30.0 Å². The van der Waals surface area contributed by atoms with Crippen molar-refractivity contribution in [3.8, 4) is 0 Å². The fourth-order valence-electron chi connectivity index (χ4n) is 1.83. The van der Waals surface area contributed by atoms with Crippen molar-refractivity contribution in [2.75, 3.05) is 11.1 Å². The molecule has 16 heavy (non-hydrogen) atoms. The van der Waals surface area contributed by atoms with Crippen molar-refractivity contribution >= 4 is 28.8 Å². The molecule has 0 unspecified atom stereocenters. The summed E-state index contributed by atoms with van der Waals surface area (Å²) in [7, 11) is 0. The minimum absolute atomic E-state index is 0.847. The molecule has 3 N–H and O–H groups in total. The molecule has 0 atom stereocenters. The number of nitrogens with two attached hydrogens (primary N) is 1. The maximum absolute atomic E-state index is 6.08. The summed E-state index contributed by atoms with van der Waals surface area (Å²) in [6.45, 7) is 2.03. The Bertz CT molecular complexity index is 564. The number of fused-ring (bicyclic) bond motifs is 2. The van der Waals surface area contributed by atoms with Crippen molar-refractivity contribution in [1.29, 1.82) is 0 Å². The number of hydrogen-bond acceptors (Lipinski definition) is 3. The fourth-order valence-corrected chi connectivity index (χ4v) is 2.84. The molecule has 1 heterocycles. The van der Waals surface area contributed by atoms with Crippen LogP contribution in [0.15, 0.2) is 46.2 Å². The molecule has 3 rings (SSSR count). The van der Waals surface area contributed by atoms with Crippen LogP contribution in [0.25, 0.3) is 0 Å². The topological polar surface area (TPSA) is 38.0 Å². The Morgan fingerprint density at radius 2 is 1.88 bits per heavy atom. The summed E-state index contributed by atoms with van der Waals surface area (Å²) in [5.74, 6) is 0. The third-order valence-corrected chi connectivity index (χ3v) is 3.93. The second-order valence-electron chi connectivity index (χ2n) is 3.89. The third kappa shape index (κ3) is 1.36. The molecule has 2 aromatic carbocycles. The van der Waals surface area contributed by atoms with Gasteiger partial charge in [0.15, 0.2) is 0 Å². The van der Waals surface area contributed by atoms with Gasteiger partial charge in [0, 0.05) is 9.79 Å². The van der Waals surface area contributed by atoms with Crippen LogP contribution in [0.2, 0.25) is 0 Å². The monoisotopic (exact) mass is 228 g/mol. The molecule has 0 aromatic heterocycles. The van der Waals surface area contributed by atoms with Crippen LogP contribution >= 0.6 is 11.8 Å². The summed E-state index contributed by atoms with van der Waals surface area (Å²) in [4.78, 5) is 2.44. The Hall–Kier alpha value is -1.61. The first-order valence-electron chi connectivity index (χ1n) is 5.18. The maximum Gasteiger partial charge on any atom is 0.0762 e. The molecule has 0 amide bonds. The number of benzene rings is 2. The Kier molecular flexibility index (Phi) is 2.07. The summed E-state index contributed by atoms with van der Waals surface area (Å²) in [6, 6.07) is 12.5. The van der Waals surface area contributed by atoms with Gasteiger partial charge in [0.05, 0.1) is 17.1 Å². The first kappa shape index (κ1) is 9.60. The second-order valence-corrected chi connectivity index (χ2v) is 4.98. The lowest BCUT2D eigenvalue weighted by atomic mass is 10.1. The van der Waals surface area contributed by atoms with Crippen LogP contribution in [-0.2, 0) is 0 Å². The highest BCUT2D eigenvalue weighted by Gasteiger charge is 2.17. The van der Waals surface area contributed by atoms with Gasteiger partial charge >= 0.3 is 0 Å². The van der Waals surface area contributed by atoms with Gasteiger partial charge in [-0.05, 0) is 30.7 Å². The van der Waals surface area contributed by atoms with E-state index in [1.165, 1.54) is 9.79 Å². The van der Waals surface area contributed by atoms with Crippen LogP contribution in [0.3, 0.4) is 0 Å². The van der Waals surface area contributed by atoms with Crippen LogP contribution in [0, 0.1) is 6.92 Å². The summed E-state index contributed by atoms with van der Waals surface area (Å²) < 4.78 is 0. The molecule has 0 aliphatic carbocycles. The zero-order chi connectivity index (χ0) is 11.1. The lowest BCUT2D eigenvalue weighted by Crippen LogP contribution is -2.04. The average Bonchev–Trinajstić information content (AvgIpc) is 2.32. The van der Waals surface area contributed by atoms with Gasteiger partial charge in [-0.25, -0.2) is 0 Å². The lowest BCUT2D eigenvalue weighted by molar-refractivity contribution is 1.29. The van der Waals surface area contributed by atoms with E-state index in [1.54, 1.807) is 11.8 Å². The quantitative estimate of drug-likeness (QED) is 0.575. The van der Waals surface area contributed by atoms with Crippen LogP contribution in [-0.4, -0.2) is 0 Å². The molecule has 0 fully saturated rings. The lowest BCUT2D eigenvalue weighted by Gasteiger charge is -2.22. The van der Waals surface area contributed by atoms with E-state index in [4.69, 9.17) is 5.73 Å². The molecule has 0 saturated heterocycles. The number of para-hydroxylation sites is 1. The zero-order valence-corrected chi connectivity index (χ0v) is 9.77. The van der Waals surface area contributed by atoms with Gasteiger partial charge in [0.2, 0.25) is 0 Å². The van der Waals surface area contributed by atoms with E-state index < -0.39 is 0 Å². The summed E-state index contributed by atoms with van der Waals surface area (Å²) in [6.07, 6.45) is 0. The Balaban J connectivity index is 2.16. The van der Waals surface area contributed by atoms with Gasteiger partial charge in [-0.2, -0.15) is 0 Å². The first-order valence-corrected chi connectivity index (χ1v) is 6.00. The van der Waals surface area contributed by atoms with Gasteiger partial charge in [0.1, 0.15) is 0 Å². The Morgan fingerprint density at radius 3 is 2.75 bits per heavy atom. The third-order valence-electron chi connectivity index (χ3n) is 2.79. The van der Waals surface area contributed by atoms with Gasteiger partial charge < -0.3 is 11.1 Å². The molecule has 0 saturated carbocycles. The average molecular weight is 228 g/mol. The van der Waals surface area contributed by atoms with Crippen LogP contribution < -0.4 is 11.1 Å². The first-order chi connectivity index (χ1) is 7.75. The Labute approximate surface area is 98.9 Å². The number of nitrogen functional groups attached to an aromatic ring is 1. The van der Waals surface area contributed by atoms with Crippen molar-refractivity contribution < 1.29 is 0 Å². The summed E-state index contributed by atoms with van der Waals surface area (Å²) in [5, 5.41) is 3.40. The highest BCUT2D eigenvalue weighted by Crippen LogP contribution is 2.46. The molecule has 2 nitrogen and oxygen atoms in total. The maximum atomic E-state index is 6.08. The van der Waals surface area contributed by atoms with Crippen LogP contribution in [0.1, 0.15) is 5.56 Å². The van der Waals surface area contributed by atoms with Gasteiger partial charge in [-0.3, -0.25) is 0 Å². The standard InChI is InChI=1S/C13H12N2S/c1-8-6-7-11-13(12(8)14)15-9-4-2-3-5-10(9)16-11/h2-7,15H,14H2,1H3. The zero-order valence-electron chi connectivity index (χ0n) is 8.95. The minimum Gasteiger partial charge on any atom is -0.397 e. The highest BCUT2D eigenvalue weighted by atomic mass is 32.2. The number of aryl methyl sites for hydroxylation is 1. The second kappa shape index (κ2) is 3.46. The van der Waals surface area contributed by atoms with E-state index in [1.807, 2.05) is 13.0 Å². The molecular weight excluding hydrogens is 216 g/mol. The van der Waals surface area contributed by atoms with Crippen molar-refractivity contribution in [2.45, 2.75) is 16.7 Å². The molecule has 3 heteroatoms. The van der Waals surface area contributed by atoms with Crippen LogP contribution in [0.5, 0.6) is 0 Å². The van der Waals surface area contributed by atoms with E-state index in [0.29, 0.717) is 0 Å². The molecule has 0 radical (unpaired) electrons. The smallest absolute Gasteiger partial charge is 0.0762 e. The number of nitrogens with one attached hydrogen (secondary N) is 1.